The number of fused-ring (bicyclic) bond motifs is 1. The quantitative estimate of drug-likeness (QED) is 0.765. The lowest BCUT2D eigenvalue weighted by Gasteiger charge is -2.22. The van der Waals surface area contributed by atoms with E-state index in [4.69, 9.17) is 0 Å². The summed E-state index contributed by atoms with van der Waals surface area (Å²) in [7, 11) is 0. The van der Waals surface area contributed by atoms with Gasteiger partial charge in [0, 0.05) is 6.04 Å². The fourth-order valence-corrected chi connectivity index (χ4v) is 3.05. The molecule has 2 aromatic carbocycles. The zero-order valence-corrected chi connectivity index (χ0v) is 16.1. The number of hydrogen-bond acceptors (Lipinski definition) is 3. The van der Waals surface area contributed by atoms with Crippen molar-refractivity contribution in [2.75, 3.05) is 19.6 Å². The van der Waals surface area contributed by atoms with Crippen molar-refractivity contribution in [3.63, 3.8) is 0 Å². The lowest BCUT2D eigenvalue weighted by molar-refractivity contribution is -0.125. The Balaban J connectivity index is 1.98. The van der Waals surface area contributed by atoms with Gasteiger partial charge < -0.3 is 10.6 Å². The molecule has 0 unspecified atom stereocenters. The molecular weight excluding hydrogens is 326 g/mol. The Hall–Kier alpha value is -2.40. The zero-order valence-electron chi connectivity index (χ0n) is 16.1. The number of hydrogen-bond donors (Lipinski definition) is 2. The number of nitrogens with one attached hydrogen (secondary N) is 2. The van der Waals surface area contributed by atoms with Gasteiger partial charge in [-0.3, -0.25) is 14.5 Å². The highest BCUT2D eigenvalue weighted by Gasteiger charge is 2.16. The Morgan fingerprint density at radius 3 is 2.19 bits per heavy atom. The lowest BCUT2D eigenvalue weighted by atomic mass is 10.00. The Kier molecular flexibility index (Phi) is 7.16. The standard InChI is InChI=1S/C21H29N3O2/c1-5-24(13-20(25)22-15(2)3)14-21(26)23-16(4)18-12-8-10-17-9-6-7-11-19(17)18/h6-12,15-16H,5,13-14H2,1-4H3,(H,22,25)(H,23,26)/t16-/m1/s1. The number of carbonyl (C=O) groups is 2. The van der Waals surface area contributed by atoms with Crippen molar-refractivity contribution in [3.05, 3.63) is 48.0 Å². The summed E-state index contributed by atoms with van der Waals surface area (Å²) in [5, 5.41) is 8.21. The minimum absolute atomic E-state index is 0.0586. The third kappa shape index (κ3) is 5.56. The van der Waals surface area contributed by atoms with Crippen LogP contribution >= 0.6 is 0 Å². The minimum atomic E-state index is -0.100. The highest BCUT2D eigenvalue weighted by Crippen LogP contribution is 2.23. The molecule has 0 fully saturated rings. The number of nitrogens with zero attached hydrogens (tertiary/aromatic N) is 1. The summed E-state index contributed by atoms with van der Waals surface area (Å²) in [6.45, 7) is 8.86. The van der Waals surface area contributed by atoms with Crippen LogP contribution in [-0.4, -0.2) is 42.4 Å². The maximum atomic E-state index is 12.5. The average Bonchev–Trinajstić information content (AvgIpc) is 2.59. The van der Waals surface area contributed by atoms with E-state index in [0.29, 0.717) is 6.54 Å². The summed E-state index contributed by atoms with van der Waals surface area (Å²) in [5.74, 6) is -0.138. The summed E-state index contributed by atoms with van der Waals surface area (Å²) >= 11 is 0. The van der Waals surface area contributed by atoms with E-state index >= 15 is 0 Å². The minimum Gasteiger partial charge on any atom is -0.353 e. The van der Waals surface area contributed by atoms with E-state index in [1.807, 2.05) is 56.9 Å². The van der Waals surface area contributed by atoms with E-state index in [2.05, 4.69) is 28.8 Å². The lowest BCUT2D eigenvalue weighted by Crippen LogP contribution is -2.44. The molecule has 0 spiro atoms. The summed E-state index contributed by atoms with van der Waals surface area (Å²) < 4.78 is 0. The number of carbonyl (C=O) groups excluding carboxylic acids is 2. The van der Waals surface area contributed by atoms with Crippen LogP contribution in [0.1, 0.15) is 39.3 Å². The molecule has 0 saturated carbocycles. The van der Waals surface area contributed by atoms with Gasteiger partial charge in [-0.2, -0.15) is 0 Å². The van der Waals surface area contributed by atoms with Crippen LogP contribution in [0.4, 0.5) is 0 Å². The first-order valence-corrected chi connectivity index (χ1v) is 9.19. The molecule has 2 N–H and O–H groups in total. The molecule has 0 saturated heterocycles. The SMILES string of the molecule is CCN(CC(=O)NC(C)C)CC(=O)N[C@H](C)c1cccc2ccccc12. The molecule has 2 aromatic rings. The molecule has 2 rings (SSSR count). The van der Waals surface area contributed by atoms with Crippen molar-refractivity contribution in [2.45, 2.75) is 39.8 Å². The van der Waals surface area contributed by atoms with Crippen molar-refractivity contribution < 1.29 is 9.59 Å². The second-order valence-corrected chi connectivity index (χ2v) is 6.88. The van der Waals surface area contributed by atoms with Gasteiger partial charge in [-0.1, -0.05) is 49.4 Å². The molecule has 1 atom stereocenters. The zero-order chi connectivity index (χ0) is 19.1. The highest BCUT2D eigenvalue weighted by molar-refractivity contribution is 5.87. The third-order valence-electron chi connectivity index (χ3n) is 4.30. The third-order valence-corrected chi connectivity index (χ3v) is 4.30. The molecule has 0 bridgehead atoms. The molecule has 0 heterocycles. The van der Waals surface area contributed by atoms with Crippen molar-refractivity contribution in [1.82, 2.24) is 15.5 Å². The van der Waals surface area contributed by atoms with Crippen molar-refractivity contribution >= 4 is 22.6 Å². The number of benzene rings is 2. The van der Waals surface area contributed by atoms with Crippen LogP contribution in [0.2, 0.25) is 0 Å². The molecule has 0 aromatic heterocycles. The van der Waals surface area contributed by atoms with Gasteiger partial charge in [0.1, 0.15) is 0 Å². The summed E-state index contributed by atoms with van der Waals surface area (Å²) in [6, 6.07) is 14.3. The van der Waals surface area contributed by atoms with Crippen LogP contribution in [0.5, 0.6) is 0 Å². The van der Waals surface area contributed by atoms with Gasteiger partial charge in [0.25, 0.3) is 0 Å². The number of amides is 2. The van der Waals surface area contributed by atoms with E-state index in [1.54, 1.807) is 0 Å². The van der Waals surface area contributed by atoms with Crippen LogP contribution in [0.15, 0.2) is 42.5 Å². The Labute approximate surface area is 155 Å². The second-order valence-electron chi connectivity index (χ2n) is 6.88. The van der Waals surface area contributed by atoms with Crippen LogP contribution in [-0.2, 0) is 9.59 Å². The summed E-state index contributed by atoms with van der Waals surface area (Å²) in [5.41, 5.74) is 1.09. The first-order valence-electron chi connectivity index (χ1n) is 9.19. The van der Waals surface area contributed by atoms with Crippen LogP contribution in [0, 0.1) is 0 Å². The van der Waals surface area contributed by atoms with E-state index in [9.17, 15) is 9.59 Å². The maximum absolute atomic E-state index is 12.5. The van der Waals surface area contributed by atoms with Gasteiger partial charge in [0.05, 0.1) is 19.1 Å². The first-order chi connectivity index (χ1) is 12.4. The average molecular weight is 355 g/mol. The van der Waals surface area contributed by atoms with E-state index in [-0.39, 0.29) is 37.0 Å². The van der Waals surface area contributed by atoms with E-state index in [1.165, 1.54) is 0 Å². The first kappa shape index (κ1) is 19.9. The van der Waals surface area contributed by atoms with Crippen LogP contribution in [0.25, 0.3) is 10.8 Å². The summed E-state index contributed by atoms with van der Waals surface area (Å²) in [6.07, 6.45) is 0. The molecule has 0 radical (unpaired) electrons. The largest absolute Gasteiger partial charge is 0.353 e. The Morgan fingerprint density at radius 2 is 1.54 bits per heavy atom. The van der Waals surface area contributed by atoms with E-state index in [0.717, 1.165) is 16.3 Å². The molecule has 5 nitrogen and oxygen atoms in total. The van der Waals surface area contributed by atoms with Gasteiger partial charge in [-0.25, -0.2) is 0 Å². The molecule has 0 aliphatic rings. The normalized spacial score (nSPS) is 12.4. The fourth-order valence-electron chi connectivity index (χ4n) is 3.05. The van der Waals surface area contributed by atoms with Gasteiger partial charge in [0.15, 0.2) is 0 Å². The number of likely N-dealkylation sites (N-methyl/N-ethyl adjacent to an activating group) is 1. The van der Waals surface area contributed by atoms with Crippen molar-refractivity contribution in [2.24, 2.45) is 0 Å². The predicted molar refractivity (Wildman–Crippen MR) is 106 cm³/mol. The van der Waals surface area contributed by atoms with Crippen LogP contribution in [0.3, 0.4) is 0 Å². The summed E-state index contributed by atoms with van der Waals surface area (Å²) in [4.78, 5) is 26.2. The molecule has 0 aliphatic carbocycles. The predicted octanol–water partition coefficient (Wildman–Crippen LogP) is 2.86. The Morgan fingerprint density at radius 1 is 0.923 bits per heavy atom. The molecule has 5 heteroatoms. The smallest absolute Gasteiger partial charge is 0.234 e. The van der Waals surface area contributed by atoms with Gasteiger partial charge in [0.2, 0.25) is 11.8 Å². The van der Waals surface area contributed by atoms with Crippen molar-refractivity contribution in [3.8, 4) is 0 Å². The fraction of sp³-hybridized carbons (Fsp3) is 0.429. The van der Waals surface area contributed by atoms with Crippen molar-refractivity contribution in [1.29, 1.82) is 0 Å². The molecular formula is C21H29N3O2. The number of rotatable bonds is 8. The maximum Gasteiger partial charge on any atom is 0.234 e. The van der Waals surface area contributed by atoms with E-state index < -0.39 is 0 Å². The molecule has 26 heavy (non-hydrogen) atoms. The van der Waals surface area contributed by atoms with Crippen LogP contribution < -0.4 is 10.6 Å². The van der Waals surface area contributed by atoms with Gasteiger partial charge in [-0.15, -0.1) is 0 Å². The van der Waals surface area contributed by atoms with Gasteiger partial charge >= 0.3 is 0 Å². The van der Waals surface area contributed by atoms with Gasteiger partial charge in [-0.05, 0) is 43.7 Å². The monoisotopic (exact) mass is 355 g/mol. The Bertz CT molecular complexity index is 753. The molecule has 140 valence electrons. The second kappa shape index (κ2) is 9.34. The molecule has 2 amide bonds. The molecule has 0 aliphatic heterocycles. The highest BCUT2D eigenvalue weighted by atomic mass is 16.2. The topological polar surface area (TPSA) is 61.4 Å².